The molecular weight excluding hydrogens is 194 g/mol. The van der Waals surface area contributed by atoms with E-state index in [-0.39, 0.29) is 0 Å². The van der Waals surface area contributed by atoms with Gasteiger partial charge in [-0.3, -0.25) is 0 Å². The number of hydrogen-bond donors (Lipinski definition) is 1. The fraction of sp³-hybridized carbons (Fsp3) is 0.867. The summed E-state index contributed by atoms with van der Waals surface area (Å²) in [6, 6.07) is 0.702. The highest BCUT2D eigenvalue weighted by Gasteiger charge is 2.25. The summed E-state index contributed by atoms with van der Waals surface area (Å²) < 4.78 is 0. The van der Waals surface area contributed by atoms with Gasteiger partial charge in [-0.15, -0.1) is 6.58 Å². The van der Waals surface area contributed by atoms with E-state index in [2.05, 4.69) is 25.7 Å². The highest BCUT2D eigenvalue weighted by Crippen LogP contribution is 2.27. The second-order valence-electron chi connectivity index (χ2n) is 4.02. The molecule has 1 heteroatoms. The maximum atomic E-state index is 3.77. The lowest BCUT2D eigenvalue weighted by molar-refractivity contribution is 0.206. The van der Waals surface area contributed by atoms with Crippen LogP contribution < -0.4 is 5.32 Å². The first-order valence-electron chi connectivity index (χ1n) is 7.10. The van der Waals surface area contributed by atoms with Crippen molar-refractivity contribution in [2.75, 3.05) is 6.54 Å². The van der Waals surface area contributed by atoms with Gasteiger partial charge >= 0.3 is 0 Å². The predicted octanol–water partition coefficient (Wildman–Crippen LogP) is 4.64. The van der Waals surface area contributed by atoms with Crippen LogP contribution in [0.5, 0.6) is 0 Å². The highest BCUT2D eigenvalue weighted by atomic mass is 14.9. The second-order valence-corrected chi connectivity index (χ2v) is 4.02. The van der Waals surface area contributed by atoms with Gasteiger partial charge in [-0.25, -0.2) is 0 Å². The third-order valence-corrected chi connectivity index (χ3v) is 3.26. The number of rotatable bonds is 3. The summed E-state index contributed by atoms with van der Waals surface area (Å²) in [7, 11) is 0. The van der Waals surface area contributed by atoms with E-state index < -0.39 is 0 Å². The first-order valence-corrected chi connectivity index (χ1v) is 7.10. The van der Waals surface area contributed by atoms with Crippen LogP contribution in [0.2, 0.25) is 0 Å². The molecule has 0 radical (unpaired) electrons. The maximum Gasteiger partial charge on any atom is 0.00670 e. The fourth-order valence-corrected chi connectivity index (χ4v) is 2.09. The fourth-order valence-electron chi connectivity index (χ4n) is 2.09. The number of hydrogen-bond acceptors (Lipinski definition) is 1. The molecule has 1 nitrogen and oxygen atoms in total. The summed E-state index contributed by atoms with van der Waals surface area (Å²) >= 11 is 0. The summed E-state index contributed by atoms with van der Waals surface area (Å²) in [6.07, 6.45) is 5.90. The molecule has 0 amide bonds. The first kappa shape index (κ1) is 18.1. The Bertz CT molecular complexity index is 142. The van der Waals surface area contributed by atoms with Crippen LogP contribution in [0.3, 0.4) is 0 Å². The Morgan fingerprint density at radius 1 is 1.19 bits per heavy atom. The monoisotopic (exact) mass is 227 g/mol. The quantitative estimate of drug-likeness (QED) is 0.693. The largest absolute Gasteiger partial charge is 0.314 e. The molecule has 1 fully saturated rings. The minimum Gasteiger partial charge on any atom is -0.314 e. The van der Waals surface area contributed by atoms with E-state index in [1.165, 1.54) is 25.8 Å². The SMILES string of the molecule is C=CCCC1CCNC(C)C1C.CC.CC. The molecule has 1 rings (SSSR count). The van der Waals surface area contributed by atoms with Crippen LogP contribution in [0.25, 0.3) is 0 Å². The normalized spacial score (nSPS) is 28.0. The van der Waals surface area contributed by atoms with Crippen LogP contribution in [0.4, 0.5) is 0 Å². The smallest absolute Gasteiger partial charge is 0.00670 e. The third kappa shape index (κ3) is 7.05. The summed E-state index contributed by atoms with van der Waals surface area (Å²) in [6.45, 7) is 17.6. The molecule has 1 aliphatic rings. The first-order chi connectivity index (χ1) is 7.75. The molecule has 3 unspecified atom stereocenters. The Morgan fingerprint density at radius 3 is 2.25 bits per heavy atom. The summed E-state index contributed by atoms with van der Waals surface area (Å²) in [5.74, 6) is 1.75. The Kier molecular flexibility index (Phi) is 14.4. The molecule has 1 saturated heterocycles. The number of piperidine rings is 1. The van der Waals surface area contributed by atoms with Crippen LogP contribution in [0, 0.1) is 11.8 Å². The van der Waals surface area contributed by atoms with Crippen molar-refractivity contribution in [3.63, 3.8) is 0 Å². The maximum absolute atomic E-state index is 3.77. The third-order valence-electron chi connectivity index (χ3n) is 3.26. The van der Waals surface area contributed by atoms with Crippen molar-refractivity contribution in [3.05, 3.63) is 12.7 Å². The molecule has 1 N–H and O–H groups in total. The van der Waals surface area contributed by atoms with Crippen molar-refractivity contribution < 1.29 is 0 Å². The molecule has 0 aromatic rings. The minimum atomic E-state index is 0.702. The Balaban J connectivity index is 0. The van der Waals surface area contributed by atoms with Gasteiger partial charge in [0.1, 0.15) is 0 Å². The van der Waals surface area contributed by atoms with E-state index in [0.29, 0.717) is 6.04 Å². The van der Waals surface area contributed by atoms with Gasteiger partial charge in [0.2, 0.25) is 0 Å². The highest BCUT2D eigenvalue weighted by molar-refractivity contribution is 4.83. The Morgan fingerprint density at radius 2 is 1.75 bits per heavy atom. The van der Waals surface area contributed by atoms with E-state index >= 15 is 0 Å². The molecule has 0 aliphatic carbocycles. The van der Waals surface area contributed by atoms with Crippen LogP contribution in [0.15, 0.2) is 12.7 Å². The van der Waals surface area contributed by atoms with Crippen molar-refractivity contribution in [1.29, 1.82) is 0 Å². The van der Waals surface area contributed by atoms with E-state index in [4.69, 9.17) is 0 Å². The Labute approximate surface area is 104 Å². The van der Waals surface area contributed by atoms with Gasteiger partial charge in [0.25, 0.3) is 0 Å². The van der Waals surface area contributed by atoms with Gasteiger partial charge in [0.15, 0.2) is 0 Å². The summed E-state index contributed by atoms with van der Waals surface area (Å²) in [5.41, 5.74) is 0. The molecule has 0 bridgehead atoms. The van der Waals surface area contributed by atoms with Gasteiger partial charge in [-0.05, 0) is 44.6 Å². The molecule has 0 aromatic heterocycles. The molecule has 16 heavy (non-hydrogen) atoms. The molecule has 3 atom stereocenters. The molecular formula is C15H33N. The topological polar surface area (TPSA) is 12.0 Å². The van der Waals surface area contributed by atoms with Gasteiger partial charge in [-0.1, -0.05) is 40.7 Å². The molecule has 0 saturated carbocycles. The average Bonchev–Trinajstić information content (AvgIpc) is 2.36. The predicted molar refractivity (Wildman–Crippen MR) is 76.9 cm³/mol. The Hall–Kier alpha value is -0.300. The van der Waals surface area contributed by atoms with Crippen LogP contribution in [0.1, 0.15) is 60.8 Å². The van der Waals surface area contributed by atoms with Gasteiger partial charge < -0.3 is 5.32 Å². The molecule has 1 aliphatic heterocycles. The minimum absolute atomic E-state index is 0.702. The summed E-state index contributed by atoms with van der Waals surface area (Å²) in [4.78, 5) is 0. The molecule has 0 aromatic carbocycles. The van der Waals surface area contributed by atoms with E-state index in [9.17, 15) is 0 Å². The lowest BCUT2D eigenvalue weighted by atomic mass is 9.80. The van der Waals surface area contributed by atoms with Crippen molar-refractivity contribution in [1.82, 2.24) is 5.32 Å². The number of allylic oxidation sites excluding steroid dienone is 1. The van der Waals surface area contributed by atoms with Crippen molar-refractivity contribution in [2.24, 2.45) is 11.8 Å². The zero-order valence-corrected chi connectivity index (χ0v) is 12.3. The average molecular weight is 227 g/mol. The van der Waals surface area contributed by atoms with Crippen molar-refractivity contribution in [2.45, 2.75) is 66.8 Å². The lowest BCUT2D eigenvalue weighted by Crippen LogP contribution is -2.42. The van der Waals surface area contributed by atoms with Crippen molar-refractivity contribution in [3.8, 4) is 0 Å². The van der Waals surface area contributed by atoms with Crippen LogP contribution in [-0.4, -0.2) is 12.6 Å². The summed E-state index contributed by atoms with van der Waals surface area (Å²) in [5, 5.41) is 3.51. The lowest BCUT2D eigenvalue weighted by Gasteiger charge is -2.34. The van der Waals surface area contributed by atoms with E-state index in [0.717, 1.165) is 11.8 Å². The second kappa shape index (κ2) is 12.8. The van der Waals surface area contributed by atoms with Gasteiger partial charge in [0, 0.05) is 6.04 Å². The van der Waals surface area contributed by atoms with Crippen LogP contribution >= 0.6 is 0 Å². The van der Waals surface area contributed by atoms with E-state index in [1.54, 1.807) is 0 Å². The van der Waals surface area contributed by atoms with Gasteiger partial charge in [0.05, 0.1) is 0 Å². The van der Waals surface area contributed by atoms with E-state index in [1.807, 2.05) is 33.8 Å². The molecule has 98 valence electrons. The zero-order valence-electron chi connectivity index (χ0n) is 12.3. The number of nitrogens with one attached hydrogen (secondary N) is 1. The zero-order chi connectivity index (χ0) is 13.0. The van der Waals surface area contributed by atoms with Crippen LogP contribution in [-0.2, 0) is 0 Å². The molecule has 0 spiro atoms. The van der Waals surface area contributed by atoms with Gasteiger partial charge in [-0.2, -0.15) is 0 Å². The standard InChI is InChI=1S/C11H21N.2C2H6/c1-4-5-6-11-7-8-12-10(3)9(11)2;2*1-2/h4,9-12H,1,5-8H2,2-3H3;2*1-2H3. The molecule has 1 heterocycles. The van der Waals surface area contributed by atoms with Crippen molar-refractivity contribution >= 4 is 0 Å².